The summed E-state index contributed by atoms with van der Waals surface area (Å²) in [7, 11) is -8.65. The van der Waals surface area contributed by atoms with E-state index in [-0.39, 0.29) is 0 Å². The predicted octanol–water partition coefficient (Wildman–Crippen LogP) is 23.5. The fourth-order valence-electron chi connectivity index (χ4n) is 15.0. The van der Waals surface area contributed by atoms with Crippen LogP contribution in [0.4, 0.5) is 0 Å². The summed E-state index contributed by atoms with van der Waals surface area (Å²) in [6.07, 6.45) is 32.0. The molecule has 0 atom stereocenters. The fraction of sp³-hybridized carbons (Fsp3) is 0.600. The Hall–Kier alpha value is -2.43. The van der Waals surface area contributed by atoms with E-state index in [0.717, 1.165) is 0 Å². The topological polar surface area (TPSA) is 0 Å². The van der Waals surface area contributed by atoms with Crippen LogP contribution in [0, 0.1) is 0 Å². The molecule has 0 spiro atoms. The Morgan fingerprint density at radius 2 is 0.453 bits per heavy atom. The smallest absolute Gasteiger partial charge is 0.0654 e. The maximum absolute atomic E-state index is 2.90. The van der Waals surface area contributed by atoms with Gasteiger partial charge in [0.15, 0.2) is 0 Å². The molecule has 0 aromatic heterocycles. The van der Waals surface area contributed by atoms with Crippen molar-refractivity contribution < 1.29 is 0 Å². The minimum atomic E-state index is -1.72. The molecule has 0 amide bonds. The van der Waals surface area contributed by atoms with E-state index in [4.69, 9.17) is 0 Å². The normalized spacial score (nSPS) is 12.7. The highest BCUT2D eigenvalue weighted by Crippen LogP contribution is 2.54. The Morgan fingerprint density at radius 1 is 0.256 bits per heavy atom. The van der Waals surface area contributed by atoms with Crippen LogP contribution in [0.2, 0.25) is 72.5 Å². The quantitative estimate of drug-likeness (QED) is 0.0269. The van der Waals surface area contributed by atoms with Crippen LogP contribution in [0.5, 0.6) is 0 Å². The van der Waals surface area contributed by atoms with Gasteiger partial charge in [0.1, 0.15) is 0 Å². The van der Waals surface area contributed by atoms with E-state index in [0.29, 0.717) is 0 Å². The zero-order valence-electron chi connectivity index (χ0n) is 58.1. The molecular weight excluding hydrogens is 1140 g/mol. The molecule has 0 saturated heterocycles. The average Bonchev–Trinajstić information content (AvgIpc) is 1.44. The molecule has 5 rings (SSSR count). The van der Waals surface area contributed by atoms with Gasteiger partial charge in [0.05, 0.1) is 32.3 Å². The van der Waals surface area contributed by atoms with Gasteiger partial charge in [-0.25, -0.2) is 0 Å². The third kappa shape index (κ3) is 21.3. The molecule has 0 bridgehead atoms. The number of benzene rings is 5. The van der Waals surface area contributed by atoms with Gasteiger partial charge in [0.25, 0.3) is 0 Å². The highest BCUT2D eigenvalue weighted by molar-refractivity contribution is 7.84. The standard InChI is InChI=1S/C80H130P2Si4/c1-13-25-58-83(59-26-14-2,60-27-15-3)76-50-42-72(43-51-76)81(73-44-52-77(53-45-73)84(61-28-16-4,62-29-17-5)63-30-18-6)70-80(71-40-38-37-39-41-71)82(74-46-54-78(55-47-74)85(64-31-19-7,65-32-20-8)66-33-21-9)75-48-56-79(57-49-75)86(67-34-22-10,68-35-23-11)69-36-24-12/h37-57,70H,13-36,58-69H2,1-12H3/b80-70-. The van der Waals surface area contributed by atoms with Crippen LogP contribution in [0.3, 0.4) is 0 Å². The molecule has 0 N–H and O–H groups in total. The maximum Gasteiger partial charge on any atom is 0.0867 e. The molecule has 0 heterocycles. The summed E-state index contributed by atoms with van der Waals surface area (Å²) in [4.78, 5) is 0. The van der Waals surface area contributed by atoms with Gasteiger partial charge in [-0.05, 0) is 53.8 Å². The van der Waals surface area contributed by atoms with Crippen molar-refractivity contribution in [2.24, 2.45) is 0 Å². The molecule has 0 unspecified atom stereocenters. The molecule has 0 nitrogen and oxygen atoms in total. The van der Waals surface area contributed by atoms with Gasteiger partial charge in [0, 0.05) is 0 Å². The predicted molar refractivity (Wildman–Crippen MR) is 411 cm³/mol. The van der Waals surface area contributed by atoms with Crippen molar-refractivity contribution in [3.05, 3.63) is 139 Å². The summed E-state index contributed by atoms with van der Waals surface area (Å²) in [6, 6.07) is 72.3. The molecule has 0 aliphatic heterocycles. The zero-order chi connectivity index (χ0) is 61.9. The summed E-state index contributed by atoms with van der Waals surface area (Å²) < 4.78 is 0. The number of unbranched alkanes of at least 4 members (excludes halogenated alkanes) is 12. The van der Waals surface area contributed by atoms with Crippen LogP contribution >= 0.6 is 15.8 Å². The largest absolute Gasteiger partial charge is 0.0867 e. The van der Waals surface area contributed by atoms with E-state index in [1.165, 1.54) is 253 Å². The molecule has 0 saturated carbocycles. The number of hydrogen-bond donors (Lipinski definition) is 0. The molecule has 6 heteroatoms. The third-order valence-electron chi connectivity index (χ3n) is 20.7. The lowest BCUT2D eigenvalue weighted by Crippen LogP contribution is -2.48. The van der Waals surface area contributed by atoms with E-state index >= 15 is 0 Å². The van der Waals surface area contributed by atoms with Gasteiger partial charge in [-0.1, -0.05) is 458 Å². The van der Waals surface area contributed by atoms with Crippen molar-refractivity contribution in [2.45, 2.75) is 310 Å². The molecule has 5 aromatic rings. The average molecular weight is 1270 g/mol. The van der Waals surface area contributed by atoms with E-state index in [9.17, 15) is 0 Å². The minimum absolute atomic E-state index is 0.882. The molecule has 0 fully saturated rings. The molecule has 5 aromatic carbocycles. The van der Waals surface area contributed by atoms with Crippen molar-refractivity contribution >= 4 is 95.4 Å². The maximum atomic E-state index is 2.90. The first-order valence-corrected chi connectivity index (χ1v) is 50.1. The van der Waals surface area contributed by atoms with Gasteiger partial charge in [-0.3, -0.25) is 0 Å². The summed E-state index contributed by atoms with van der Waals surface area (Å²) in [5.41, 5.74) is 1.40. The Kier molecular flexibility index (Phi) is 35.5. The van der Waals surface area contributed by atoms with Crippen LogP contribution in [0.25, 0.3) is 5.31 Å². The van der Waals surface area contributed by atoms with Crippen molar-refractivity contribution in [2.75, 3.05) is 0 Å². The Balaban J connectivity index is 1.91. The van der Waals surface area contributed by atoms with Gasteiger partial charge in [-0.15, -0.1) is 0 Å². The van der Waals surface area contributed by atoms with Gasteiger partial charge in [-0.2, -0.15) is 0 Å². The van der Waals surface area contributed by atoms with E-state index in [1.54, 1.807) is 26.1 Å². The Labute approximate surface area is 540 Å². The first kappa shape index (κ1) is 74.3. The second-order valence-corrected chi connectivity index (χ2v) is 49.9. The second kappa shape index (κ2) is 41.1. The molecule has 86 heavy (non-hydrogen) atoms. The molecule has 0 aliphatic carbocycles. The van der Waals surface area contributed by atoms with Gasteiger partial charge >= 0.3 is 0 Å². The summed E-state index contributed by atoms with van der Waals surface area (Å²) in [5.74, 6) is 2.90. The molecule has 0 radical (unpaired) electrons. The zero-order valence-corrected chi connectivity index (χ0v) is 63.8. The fourth-order valence-corrected chi connectivity index (χ4v) is 42.2. The lowest BCUT2D eigenvalue weighted by Gasteiger charge is -2.34. The first-order valence-electron chi connectivity index (χ1n) is 36.8. The summed E-state index contributed by atoms with van der Waals surface area (Å²) in [6.45, 7) is 29.1. The number of rotatable bonds is 47. The van der Waals surface area contributed by atoms with Crippen LogP contribution in [-0.4, -0.2) is 32.3 Å². The number of hydrogen-bond acceptors (Lipinski definition) is 0. The Bertz CT molecular complexity index is 2320. The van der Waals surface area contributed by atoms with E-state index in [1.807, 2.05) is 0 Å². The van der Waals surface area contributed by atoms with Crippen molar-refractivity contribution in [1.29, 1.82) is 0 Å². The molecule has 0 aliphatic rings. The van der Waals surface area contributed by atoms with Crippen molar-refractivity contribution in [1.82, 2.24) is 0 Å². The lowest BCUT2D eigenvalue weighted by atomic mass is 10.2. The van der Waals surface area contributed by atoms with Crippen molar-refractivity contribution in [3.63, 3.8) is 0 Å². The Morgan fingerprint density at radius 3 is 0.651 bits per heavy atom. The lowest BCUT2D eigenvalue weighted by molar-refractivity contribution is 0.800. The summed E-state index contributed by atoms with van der Waals surface area (Å²) >= 11 is 0. The second-order valence-electron chi connectivity index (χ2n) is 27.1. The highest BCUT2D eigenvalue weighted by atomic mass is 31.1. The first-order chi connectivity index (χ1) is 42.0. The van der Waals surface area contributed by atoms with Crippen LogP contribution in [0.1, 0.15) is 243 Å². The van der Waals surface area contributed by atoms with Gasteiger partial charge in [0.2, 0.25) is 0 Å². The van der Waals surface area contributed by atoms with Gasteiger partial charge < -0.3 is 0 Å². The minimum Gasteiger partial charge on any atom is -0.0654 e. The van der Waals surface area contributed by atoms with E-state index in [2.05, 4.69) is 216 Å². The SMILES string of the molecule is CCCC[Si](CCCC)(CCCC)c1ccc(P(/C=C(/c2ccccc2)P(c2ccc([Si](CCCC)(CCCC)CCCC)cc2)c2ccc([Si](CCCC)(CCCC)CCCC)cc2)c2ccc([Si](CCCC)(CCCC)CCCC)cc2)cc1. The monoisotopic (exact) mass is 1260 g/mol. The molecule has 476 valence electrons. The van der Waals surface area contributed by atoms with Crippen LogP contribution in [0.15, 0.2) is 133 Å². The van der Waals surface area contributed by atoms with E-state index < -0.39 is 48.1 Å². The summed E-state index contributed by atoms with van der Waals surface area (Å²) in [5, 5.41) is 14.6. The van der Waals surface area contributed by atoms with Crippen LogP contribution in [-0.2, 0) is 0 Å². The third-order valence-corrected chi connectivity index (χ3v) is 47.5. The van der Waals surface area contributed by atoms with Crippen molar-refractivity contribution in [3.8, 4) is 0 Å². The highest BCUT2D eigenvalue weighted by Gasteiger charge is 2.38. The molecular formula is C80H130P2Si4. The van der Waals surface area contributed by atoms with Crippen LogP contribution < -0.4 is 42.0 Å².